The minimum absolute atomic E-state index is 0.466. The van der Waals surface area contributed by atoms with Crippen LogP contribution in [0.5, 0.6) is 0 Å². The Kier molecular flexibility index (Phi) is 3.01. The standard InChI is InChI=1S/C10H12N2O2S/c1-11-10(13)14-12-9(7-4-5-7)8-3-2-6-15-8/h2-3,6-7H,4-5H2,1H3,(H,11,13)/b12-9+. The van der Waals surface area contributed by atoms with Crippen LogP contribution in [-0.4, -0.2) is 18.9 Å². The maximum Gasteiger partial charge on any atom is 0.433 e. The second-order valence-corrected chi connectivity index (χ2v) is 4.30. The van der Waals surface area contributed by atoms with Crippen molar-refractivity contribution in [1.82, 2.24) is 5.32 Å². The average Bonchev–Trinajstić information content (AvgIpc) is 2.94. The summed E-state index contributed by atoms with van der Waals surface area (Å²) < 4.78 is 0. The monoisotopic (exact) mass is 224 g/mol. The summed E-state index contributed by atoms with van der Waals surface area (Å²) in [6.45, 7) is 0. The highest BCUT2D eigenvalue weighted by molar-refractivity contribution is 7.12. The van der Waals surface area contributed by atoms with E-state index in [-0.39, 0.29) is 0 Å². The van der Waals surface area contributed by atoms with Crippen LogP contribution in [0.1, 0.15) is 17.7 Å². The van der Waals surface area contributed by atoms with Crippen LogP contribution in [0.4, 0.5) is 4.79 Å². The first-order chi connectivity index (χ1) is 7.31. The third-order valence-electron chi connectivity index (χ3n) is 2.17. The Morgan fingerprint density at radius 2 is 2.47 bits per heavy atom. The number of amides is 1. The molecule has 1 fully saturated rings. The molecule has 0 aromatic carbocycles. The number of carbonyl (C=O) groups is 1. The summed E-state index contributed by atoms with van der Waals surface area (Å²) in [5, 5.41) is 8.27. The molecule has 1 amide bonds. The zero-order valence-corrected chi connectivity index (χ0v) is 9.21. The third-order valence-corrected chi connectivity index (χ3v) is 3.06. The molecule has 0 bridgehead atoms. The van der Waals surface area contributed by atoms with Crippen molar-refractivity contribution >= 4 is 23.1 Å². The van der Waals surface area contributed by atoms with Crippen molar-refractivity contribution in [1.29, 1.82) is 0 Å². The summed E-state index contributed by atoms with van der Waals surface area (Å²) in [6, 6.07) is 3.97. The molecule has 1 N–H and O–H groups in total. The number of hydrogen-bond donors (Lipinski definition) is 1. The Balaban J connectivity index is 2.09. The van der Waals surface area contributed by atoms with Gasteiger partial charge in [-0.2, -0.15) is 0 Å². The van der Waals surface area contributed by atoms with Gasteiger partial charge in [-0.1, -0.05) is 11.2 Å². The first-order valence-corrected chi connectivity index (χ1v) is 5.69. The lowest BCUT2D eigenvalue weighted by molar-refractivity contribution is 0.153. The van der Waals surface area contributed by atoms with E-state index in [4.69, 9.17) is 4.84 Å². The van der Waals surface area contributed by atoms with E-state index in [1.807, 2.05) is 17.5 Å². The highest BCUT2D eigenvalue weighted by Crippen LogP contribution is 2.34. The van der Waals surface area contributed by atoms with Gasteiger partial charge in [-0.25, -0.2) is 4.79 Å². The van der Waals surface area contributed by atoms with Gasteiger partial charge in [0.2, 0.25) is 0 Å². The van der Waals surface area contributed by atoms with Crippen LogP contribution in [0.15, 0.2) is 22.7 Å². The lowest BCUT2D eigenvalue weighted by atomic mass is 10.2. The van der Waals surface area contributed by atoms with Gasteiger partial charge >= 0.3 is 6.09 Å². The van der Waals surface area contributed by atoms with Crippen LogP contribution in [0.25, 0.3) is 0 Å². The molecular weight excluding hydrogens is 212 g/mol. The largest absolute Gasteiger partial charge is 0.433 e. The van der Waals surface area contributed by atoms with Crippen LogP contribution in [0.2, 0.25) is 0 Å². The van der Waals surface area contributed by atoms with E-state index in [0.29, 0.717) is 5.92 Å². The lowest BCUT2D eigenvalue weighted by Gasteiger charge is -2.01. The molecule has 4 nitrogen and oxygen atoms in total. The fourth-order valence-corrected chi connectivity index (χ4v) is 2.02. The predicted molar refractivity (Wildman–Crippen MR) is 59.1 cm³/mol. The van der Waals surface area contributed by atoms with Crippen LogP contribution in [-0.2, 0) is 4.84 Å². The quantitative estimate of drug-likeness (QED) is 0.486. The Morgan fingerprint density at radius 1 is 1.67 bits per heavy atom. The molecule has 0 unspecified atom stereocenters. The van der Waals surface area contributed by atoms with Crippen LogP contribution >= 0.6 is 11.3 Å². The van der Waals surface area contributed by atoms with Crippen molar-refractivity contribution in [3.63, 3.8) is 0 Å². The van der Waals surface area contributed by atoms with Crippen molar-refractivity contribution in [2.75, 3.05) is 7.05 Å². The maximum atomic E-state index is 10.9. The fraction of sp³-hybridized carbons (Fsp3) is 0.400. The van der Waals surface area contributed by atoms with Gasteiger partial charge in [0, 0.05) is 13.0 Å². The average molecular weight is 224 g/mol. The number of thiophene rings is 1. The van der Waals surface area contributed by atoms with Gasteiger partial charge in [0.15, 0.2) is 0 Å². The van der Waals surface area contributed by atoms with E-state index in [1.54, 1.807) is 11.3 Å². The van der Waals surface area contributed by atoms with Crippen molar-refractivity contribution in [2.24, 2.45) is 11.1 Å². The van der Waals surface area contributed by atoms with Gasteiger partial charge in [-0.05, 0) is 24.3 Å². The molecule has 0 aliphatic heterocycles. The molecule has 0 spiro atoms. The smallest absolute Gasteiger partial charge is 0.323 e. The second kappa shape index (κ2) is 4.44. The zero-order chi connectivity index (χ0) is 10.7. The van der Waals surface area contributed by atoms with Gasteiger partial charge in [-0.15, -0.1) is 11.3 Å². The summed E-state index contributed by atoms with van der Waals surface area (Å²) in [4.78, 5) is 16.7. The first-order valence-electron chi connectivity index (χ1n) is 4.81. The summed E-state index contributed by atoms with van der Waals surface area (Å²) in [5.74, 6) is 0.466. The molecule has 0 atom stereocenters. The normalized spacial score (nSPS) is 16.2. The number of rotatable bonds is 3. The van der Waals surface area contributed by atoms with Crippen molar-refractivity contribution in [2.45, 2.75) is 12.8 Å². The van der Waals surface area contributed by atoms with E-state index < -0.39 is 6.09 Å². The molecular formula is C10H12N2O2S. The summed E-state index contributed by atoms with van der Waals surface area (Å²) in [7, 11) is 1.51. The number of nitrogens with one attached hydrogen (secondary N) is 1. The van der Waals surface area contributed by atoms with Crippen molar-refractivity contribution in [3.05, 3.63) is 22.4 Å². The third kappa shape index (κ3) is 2.56. The van der Waals surface area contributed by atoms with Gasteiger partial charge in [0.1, 0.15) is 5.71 Å². The lowest BCUT2D eigenvalue weighted by Crippen LogP contribution is -2.18. The van der Waals surface area contributed by atoms with E-state index >= 15 is 0 Å². The van der Waals surface area contributed by atoms with E-state index in [2.05, 4.69) is 10.5 Å². The molecule has 1 heterocycles. The second-order valence-electron chi connectivity index (χ2n) is 3.36. The molecule has 1 aliphatic carbocycles. The highest BCUT2D eigenvalue weighted by atomic mass is 32.1. The number of carbonyl (C=O) groups excluding carboxylic acids is 1. The molecule has 5 heteroatoms. The predicted octanol–water partition coefficient (Wildman–Crippen LogP) is 2.22. The summed E-state index contributed by atoms with van der Waals surface area (Å²) >= 11 is 1.62. The summed E-state index contributed by atoms with van der Waals surface area (Å²) in [6.07, 6.45) is 1.74. The minimum Gasteiger partial charge on any atom is -0.323 e. The molecule has 80 valence electrons. The van der Waals surface area contributed by atoms with Gasteiger partial charge in [0.05, 0.1) is 4.88 Å². The van der Waals surface area contributed by atoms with Crippen molar-refractivity contribution < 1.29 is 9.63 Å². The SMILES string of the molecule is CNC(=O)O/N=C(/c1cccs1)C1CC1. The molecule has 2 rings (SSSR count). The van der Waals surface area contributed by atoms with Crippen LogP contribution in [0, 0.1) is 5.92 Å². The fourth-order valence-electron chi connectivity index (χ4n) is 1.24. The van der Waals surface area contributed by atoms with Gasteiger partial charge < -0.3 is 5.32 Å². The minimum atomic E-state index is -0.523. The van der Waals surface area contributed by atoms with Gasteiger partial charge in [-0.3, -0.25) is 4.84 Å². The van der Waals surface area contributed by atoms with Crippen LogP contribution in [0.3, 0.4) is 0 Å². The Hall–Kier alpha value is -1.36. The Morgan fingerprint density at radius 3 is 3.00 bits per heavy atom. The molecule has 1 aliphatic rings. The number of hydrogen-bond acceptors (Lipinski definition) is 4. The maximum absolute atomic E-state index is 10.9. The molecule has 0 radical (unpaired) electrons. The Bertz CT molecular complexity index is 369. The molecule has 0 saturated heterocycles. The number of oxime groups is 1. The topological polar surface area (TPSA) is 50.7 Å². The molecule has 1 aromatic rings. The molecule has 1 aromatic heterocycles. The van der Waals surface area contributed by atoms with Gasteiger partial charge in [0.25, 0.3) is 0 Å². The first kappa shape index (κ1) is 10.2. The van der Waals surface area contributed by atoms with Crippen LogP contribution < -0.4 is 5.32 Å². The number of nitrogens with zero attached hydrogens (tertiary/aromatic N) is 1. The zero-order valence-electron chi connectivity index (χ0n) is 8.40. The molecule has 1 saturated carbocycles. The summed E-state index contributed by atoms with van der Waals surface area (Å²) in [5.41, 5.74) is 0.897. The molecule has 15 heavy (non-hydrogen) atoms. The Labute approximate surface area is 91.9 Å². The van der Waals surface area contributed by atoms with E-state index in [0.717, 1.165) is 23.4 Å². The van der Waals surface area contributed by atoms with E-state index in [9.17, 15) is 4.79 Å². The highest BCUT2D eigenvalue weighted by Gasteiger charge is 2.30. The van der Waals surface area contributed by atoms with Crippen molar-refractivity contribution in [3.8, 4) is 0 Å². The van der Waals surface area contributed by atoms with E-state index in [1.165, 1.54) is 7.05 Å².